The number of benzene rings is 2. The van der Waals surface area contributed by atoms with Crippen molar-refractivity contribution in [2.75, 3.05) is 31.1 Å². The Morgan fingerprint density at radius 3 is 2.50 bits per heavy atom. The number of rotatable bonds is 8. The number of halogens is 2. The predicted molar refractivity (Wildman–Crippen MR) is 166 cm³/mol. The molecule has 1 unspecified atom stereocenters. The Bertz CT molecular complexity index is 1450. The molecule has 250 valence electrons. The van der Waals surface area contributed by atoms with E-state index in [2.05, 4.69) is 5.32 Å². The highest BCUT2D eigenvalue weighted by Crippen LogP contribution is 2.41. The largest absolute Gasteiger partial charge is 0.482 e. The fraction of sp³-hybridized carbons (Fsp3) is 0.515. The Labute approximate surface area is 267 Å². The first kappa shape index (κ1) is 34.5. The third-order valence-corrected chi connectivity index (χ3v) is 7.61. The van der Waals surface area contributed by atoms with E-state index in [4.69, 9.17) is 14.2 Å². The van der Waals surface area contributed by atoms with Crippen LogP contribution in [0.5, 0.6) is 5.75 Å². The van der Waals surface area contributed by atoms with E-state index in [1.54, 1.807) is 61.8 Å². The quantitative estimate of drug-likeness (QED) is 0.404. The Kier molecular flexibility index (Phi) is 10.4. The molecule has 46 heavy (non-hydrogen) atoms. The molecule has 2 aliphatic rings. The van der Waals surface area contributed by atoms with Gasteiger partial charge >= 0.3 is 24.2 Å². The molecule has 0 aliphatic carbocycles. The molecule has 0 bridgehead atoms. The third-order valence-electron chi connectivity index (χ3n) is 7.61. The lowest BCUT2D eigenvalue weighted by molar-refractivity contribution is -0.192. The van der Waals surface area contributed by atoms with E-state index >= 15 is 0 Å². The average molecular weight is 645 g/mol. The number of amides is 4. The molecule has 4 rings (SSSR count). The van der Waals surface area contributed by atoms with Gasteiger partial charge in [0.05, 0.1) is 11.7 Å². The number of likely N-dealkylation sites (tertiary alicyclic amines) is 1. The molecule has 1 saturated heterocycles. The van der Waals surface area contributed by atoms with Crippen LogP contribution in [0.1, 0.15) is 68.9 Å². The van der Waals surface area contributed by atoms with Crippen molar-refractivity contribution in [1.82, 2.24) is 15.1 Å². The molecule has 2 heterocycles. The van der Waals surface area contributed by atoms with Gasteiger partial charge in [0, 0.05) is 37.8 Å². The zero-order valence-electron chi connectivity index (χ0n) is 27.1. The van der Waals surface area contributed by atoms with Crippen LogP contribution in [0.15, 0.2) is 42.5 Å². The highest BCUT2D eigenvalue weighted by molar-refractivity contribution is 6.04. The number of fused-ring (bicyclic) bond motifs is 1. The monoisotopic (exact) mass is 644 g/mol. The summed E-state index contributed by atoms with van der Waals surface area (Å²) >= 11 is 0. The second-order valence-electron chi connectivity index (χ2n) is 12.7. The van der Waals surface area contributed by atoms with Gasteiger partial charge in [0.1, 0.15) is 12.2 Å². The summed E-state index contributed by atoms with van der Waals surface area (Å²) in [5.74, 6) is -2.27. The summed E-state index contributed by atoms with van der Waals surface area (Å²) in [5, 5.41) is 2.47. The normalized spacial score (nSPS) is 17.6. The minimum atomic E-state index is -4.14. The van der Waals surface area contributed by atoms with Crippen molar-refractivity contribution in [1.29, 1.82) is 0 Å². The van der Waals surface area contributed by atoms with Crippen molar-refractivity contribution >= 4 is 29.7 Å². The lowest BCUT2D eigenvalue weighted by atomic mass is 9.98. The van der Waals surface area contributed by atoms with Crippen molar-refractivity contribution in [2.24, 2.45) is 0 Å². The van der Waals surface area contributed by atoms with Gasteiger partial charge in [-0.25, -0.2) is 9.59 Å². The first-order valence-corrected chi connectivity index (χ1v) is 15.4. The van der Waals surface area contributed by atoms with Crippen molar-refractivity contribution in [3.8, 4) is 5.75 Å². The summed E-state index contributed by atoms with van der Waals surface area (Å²) in [6, 6.07) is 11.1. The number of nitrogens with zero attached hydrogens (tertiary/aromatic N) is 3. The minimum Gasteiger partial charge on any atom is -0.445 e. The zero-order valence-corrected chi connectivity index (χ0v) is 27.1. The molecule has 0 aromatic heterocycles. The summed E-state index contributed by atoms with van der Waals surface area (Å²) in [5.41, 5.74) is 0.652. The Hall–Kier alpha value is -4.42. The maximum Gasteiger partial charge on any atom is 0.482 e. The van der Waals surface area contributed by atoms with E-state index < -0.39 is 29.8 Å². The summed E-state index contributed by atoms with van der Waals surface area (Å²) in [6.07, 6.45) is -4.06. The lowest BCUT2D eigenvalue weighted by Gasteiger charge is -2.42. The maximum absolute atomic E-state index is 14.7. The third kappa shape index (κ3) is 8.24. The molecule has 2 aromatic carbocycles. The Morgan fingerprint density at radius 2 is 1.85 bits per heavy atom. The lowest BCUT2D eigenvalue weighted by Crippen LogP contribution is -2.55. The van der Waals surface area contributed by atoms with E-state index in [9.17, 15) is 28.0 Å². The number of hydrogen-bond donors (Lipinski definition) is 1. The van der Waals surface area contributed by atoms with Crippen molar-refractivity contribution in [3.63, 3.8) is 0 Å². The molecular weight excluding hydrogens is 602 g/mol. The number of ether oxygens (including phenoxy) is 3. The molecule has 0 radical (unpaired) electrons. The van der Waals surface area contributed by atoms with Crippen LogP contribution in [-0.4, -0.2) is 83.8 Å². The molecule has 1 N–H and O–H groups in total. The highest BCUT2D eigenvalue weighted by Gasteiger charge is 2.51. The molecule has 2 aromatic rings. The number of carbonyl (C=O) groups is 4. The minimum absolute atomic E-state index is 0.0116. The number of piperidine rings is 1. The maximum atomic E-state index is 14.7. The first-order valence-electron chi connectivity index (χ1n) is 15.4. The standard InChI is InChI=1S/C33H42F2N4O7/c1-21(2)39(24-13-10-15-37(19-24)31(43)46-32(4,5)6)28(40)25-18-26-27(17-22(25)3)45-33(34,35)29(41)38(26)16-14-36-30(42)44-20-23-11-8-7-9-12-23/h7-9,11-12,17-18,21,24H,10,13-16,19-20H2,1-6H3,(H,36,42). The number of anilines is 1. The van der Waals surface area contributed by atoms with E-state index in [1.165, 1.54) is 12.1 Å². The van der Waals surface area contributed by atoms with Crippen molar-refractivity contribution in [2.45, 2.75) is 84.8 Å². The van der Waals surface area contributed by atoms with Gasteiger partial charge in [-0.05, 0) is 77.6 Å². The fourth-order valence-electron chi connectivity index (χ4n) is 5.54. The number of nitrogens with one attached hydrogen (secondary N) is 1. The van der Waals surface area contributed by atoms with Crippen LogP contribution < -0.4 is 15.0 Å². The van der Waals surface area contributed by atoms with Gasteiger partial charge in [0.25, 0.3) is 5.91 Å². The van der Waals surface area contributed by atoms with Crippen LogP contribution in [0.2, 0.25) is 0 Å². The average Bonchev–Trinajstić information content (AvgIpc) is 2.97. The van der Waals surface area contributed by atoms with Crippen LogP contribution >= 0.6 is 0 Å². The molecule has 2 aliphatic heterocycles. The SMILES string of the molecule is Cc1cc2c(cc1C(=O)N(C(C)C)C1CCCN(C(=O)OC(C)(C)C)C1)N(CCNC(=O)OCc1ccccc1)C(=O)C(F)(F)O2. The Morgan fingerprint density at radius 1 is 1.15 bits per heavy atom. The van der Waals surface area contributed by atoms with E-state index in [0.717, 1.165) is 10.5 Å². The second kappa shape index (κ2) is 13.9. The van der Waals surface area contributed by atoms with Gasteiger partial charge in [-0.1, -0.05) is 30.3 Å². The van der Waals surface area contributed by atoms with Gasteiger partial charge in [0.2, 0.25) is 0 Å². The summed E-state index contributed by atoms with van der Waals surface area (Å²) in [6.45, 7) is 10.9. The summed E-state index contributed by atoms with van der Waals surface area (Å²) < 4.78 is 44.8. The van der Waals surface area contributed by atoms with Gasteiger partial charge < -0.3 is 29.3 Å². The summed E-state index contributed by atoms with van der Waals surface area (Å²) in [4.78, 5) is 56.1. The van der Waals surface area contributed by atoms with Crippen molar-refractivity contribution in [3.05, 3.63) is 59.2 Å². The molecule has 11 nitrogen and oxygen atoms in total. The van der Waals surface area contributed by atoms with Crippen LogP contribution in [0.3, 0.4) is 0 Å². The summed E-state index contributed by atoms with van der Waals surface area (Å²) in [7, 11) is 0. The number of aryl methyl sites for hydroxylation is 1. The van der Waals surface area contributed by atoms with Crippen molar-refractivity contribution < 1.29 is 42.2 Å². The molecule has 4 amide bonds. The van der Waals surface area contributed by atoms with Crippen LogP contribution in [0, 0.1) is 6.92 Å². The molecule has 13 heteroatoms. The van der Waals surface area contributed by atoms with Gasteiger partial charge in [-0.3, -0.25) is 14.5 Å². The van der Waals surface area contributed by atoms with Gasteiger partial charge in [0.15, 0.2) is 5.75 Å². The molecule has 0 spiro atoms. The zero-order chi connectivity index (χ0) is 33.8. The van der Waals surface area contributed by atoms with Gasteiger partial charge in [-0.15, -0.1) is 0 Å². The first-order chi connectivity index (χ1) is 21.6. The van der Waals surface area contributed by atoms with E-state index in [-0.39, 0.29) is 61.2 Å². The molecule has 1 fully saturated rings. The highest BCUT2D eigenvalue weighted by atomic mass is 19.3. The van der Waals surface area contributed by atoms with Gasteiger partial charge in [-0.2, -0.15) is 8.78 Å². The van der Waals surface area contributed by atoms with Crippen LogP contribution in [0.4, 0.5) is 24.1 Å². The van der Waals surface area contributed by atoms with Crippen LogP contribution in [0.25, 0.3) is 0 Å². The topological polar surface area (TPSA) is 118 Å². The van der Waals surface area contributed by atoms with E-state index in [0.29, 0.717) is 24.9 Å². The molecular formula is C33H42F2N4O7. The second-order valence-corrected chi connectivity index (χ2v) is 12.7. The smallest absolute Gasteiger partial charge is 0.445 e. The Balaban J connectivity index is 1.53. The number of hydrogen-bond acceptors (Lipinski definition) is 7. The number of alkyl halides is 2. The molecule has 1 atom stereocenters. The fourth-order valence-corrected chi connectivity index (χ4v) is 5.54. The molecule has 0 saturated carbocycles. The van der Waals surface area contributed by atoms with Crippen LogP contribution in [-0.2, 0) is 20.9 Å². The number of carbonyl (C=O) groups excluding carboxylic acids is 4. The van der Waals surface area contributed by atoms with E-state index in [1.807, 2.05) is 19.9 Å². The predicted octanol–water partition coefficient (Wildman–Crippen LogP) is 5.49. The number of alkyl carbamates (subject to hydrolysis) is 1.